The largest absolute Gasteiger partial charge is 0.371 e. The van der Waals surface area contributed by atoms with Crippen LogP contribution in [0.15, 0.2) is 4.52 Å². The van der Waals surface area contributed by atoms with E-state index in [1.54, 1.807) is 0 Å². The minimum absolute atomic E-state index is 0.140. The number of hydrogen-bond acceptors (Lipinski definition) is 8. The highest BCUT2D eigenvalue weighted by Crippen LogP contribution is 2.21. The maximum atomic E-state index is 5.75. The van der Waals surface area contributed by atoms with Crippen molar-refractivity contribution in [2.45, 2.75) is 39.5 Å². The zero-order valence-electron chi connectivity index (χ0n) is 13.7. The standard InChI is InChI=1S/C14H22N6O3/c1-4-21-9(2)13-16-12(23-19-13)8-20-5-6-22-11(7-20)14-15-10(3)17-18-14/h9,11H,4-8H2,1-3H3,(H,15,17,18)/t9-,11+/m1/s1. The minimum atomic E-state index is -0.161. The molecule has 0 unspecified atom stereocenters. The molecule has 0 aliphatic carbocycles. The van der Waals surface area contributed by atoms with E-state index in [2.05, 4.69) is 30.2 Å². The molecule has 3 heterocycles. The van der Waals surface area contributed by atoms with Crippen LogP contribution in [-0.2, 0) is 16.0 Å². The third kappa shape index (κ3) is 3.92. The number of aryl methyl sites for hydroxylation is 1. The van der Waals surface area contributed by atoms with E-state index in [-0.39, 0.29) is 12.2 Å². The van der Waals surface area contributed by atoms with Gasteiger partial charge in [-0.05, 0) is 20.8 Å². The van der Waals surface area contributed by atoms with Crippen molar-refractivity contribution in [2.24, 2.45) is 0 Å². The molecule has 126 valence electrons. The fraction of sp³-hybridized carbons (Fsp3) is 0.714. The number of ether oxygens (including phenoxy) is 2. The predicted molar refractivity (Wildman–Crippen MR) is 79.4 cm³/mol. The summed E-state index contributed by atoms with van der Waals surface area (Å²) in [5, 5.41) is 11.0. The van der Waals surface area contributed by atoms with E-state index in [4.69, 9.17) is 14.0 Å². The molecule has 0 radical (unpaired) electrons. The summed E-state index contributed by atoms with van der Waals surface area (Å²) in [6, 6.07) is 0. The first-order valence-electron chi connectivity index (χ1n) is 7.82. The second-order valence-corrected chi connectivity index (χ2v) is 5.52. The molecule has 2 aromatic rings. The van der Waals surface area contributed by atoms with Crippen LogP contribution < -0.4 is 0 Å². The molecule has 0 amide bonds. The zero-order valence-corrected chi connectivity index (χ0v) is 13.7. The van der Waals surface area contributed by atoms with Crippen molar-refractivity contribution >= 4 is 0 Å². The van der Waals surface area contributed by atoms with Crippen LogP contribution in [0.25, 0.3) is 0 Å². The van der Waals surface area contributed by atoms with E-state index in [0.29, 0.717) is 43.8 Å². The van der Waals surface area contributed by atoms with E-state index in [1.165, 1.54) is 0 Å². The summed E-state index contributed by atoms with van der Waals surface area (Å²) in [6.45, 7) is 9.03. The Balaban J connectivity index is 1.59. The third-order valence-corrected chi connectivity index (χ3v) is 3.68. The molecule has 9 heteroatoms. The first-order valence-corrected chi connectivity index (χ1v) is 7.82. The Labute approximate surface area is 134 Å². The zero-order chi connectivity index (χ0) is 16.2. The van der Waals surface area contributed by atoms with E-state index in [9.17, 15) is 0 Å². The number of nitrogens with one attached hydrogen (secondary N) is 1. The van der Waals surface area contributed by atoms with Crippen LogP contribution in [0.4, 0.5) is 0 Å². The Bertz CT molecular complexity index is 628. The van der Waals surface area contributed by atoms with Crippen molar-refractivity contribution in [1.29, 1.82) is 0 Å². The molecule has 2 aromatic heterocycles. The molecule has 9 nitrogen and oxygen atoms in total. The molecule has 1 N–H and O–H groups in total. The highest BCUT2D eigenvalue weighted by Gasteiger charge is 2.26. The lowest BCUT2D eigenvalue weighted by Crippen LogP contribution is -2.38. The Hall–Kier alpha value is -1.84. The predicted octanol–water partition coefficient (Wildman–Crippen LogP) is 1.17. The molecular weight excluding hydrogens is 300 g/mol. The SMILES string of the molecule is CCO[C@H](C)c1noc(CN2CCO[C@H](c3n[nH]c(C)n3)C2)n1. The Morgan fingerprint density at radius 2 is 2.30 bits per heavy atom. The van der Waals surface area contributed by atoms with Crippen LogP contribution in [0, 0.1) is 6.92 Å². The first-order chi connectivity index (χ1) is 11.2. The van der Waals surface area contributed by atoms with E-state index < -0.39 is 0 Å². The van der Waals surface area contributed by atoms with Crippen molar-refractivity contribution in [1.82, 2.24) is 30.2 Å². The van der Waals surface area contributed by atoms with Gasteiger partial charge in [-0.2, -0.15) is 10.1 Å². The van der Waals surface area contributed by atoms with Crippen molar-refractivity contribution in [3.05, 3.63) is 23.4 Å². The van der Waals surface area contributed by atoms with Gasteiger partial charge >= 0.3 is 0 Å². The Morgan fingerprint density at radius 3 is 3.04 bits per heavy atom. The average molecular weight is 322 g/mol. The van der Waals surface area contributed by atoms with Crippen LogP contribution in [0.3, 0.4) is 0 Å². The van der Waals surface area contributed by atoms with Crippen molar-refractivity contribution in [3.63, 3.8) is 0 Å². The van der Waals surface area contributed by atoms with Gasteiger partial charge in [0, 0.05) is 19.7 Å². The topological polar surface area (TPSA) is 102 Å². The number of nitrogens with zero attached hydrogens (tertiary/aromatic N) is 5. The van der Waals surface area contributed by atoms with Crippen LogP contribution in [-0.4, -0.2) is 56.5 Å². The van der Waals surface area contributed by atoms with Crippen molar-refractivity contribution in [2.75, 3.05) is 26.3 Å². The van der Waals surface area contributed by atoms with E-state index in [0.717, 1.165) is 12.4 Å². The van der Waals surface area contributed by atoms with Gasteiger partial charge < -0.3 is 14.0 Å². The molecule has 1 aliphatic rings. The number of rotatable bonds is 6. The molecule has 0 saturated carbocycles. The number of aromatic amines is 1. The summed E-state index contributed by atoms with van der Waals surface area (Å²) in [5.41, 5.74) is 0. The van der Waals surface area contributed by atoms with Crippen LogP contribution in [0.2, 0.25) is 0 Å². The monoisotopic (exact) mass is 322 g/mol. The molecule has 1 aliphatic heterocycles. The molecule has 0 aromatic carbocycles. The Morgan fingerprint density at radius 1 is 1.43 bits per heavy atom. The first kappa shape index (κ1) is 16.0. The third-order valence-electron chi connectivity index (χ3n) is 3.68. The highest BCUT2D eigenvalue weighted by atomic mass is 16.5. The maximum Gasteiger partial charge on any atom is 0.240 e. The molecule has 0 bridgehead atoms. The number of hydrogen-bond donors (Lipinski definition) is 1. The van der Waals surface area contributed by atoms with Gasteiger partial charge in [-0.1, -0.05) is 5.16 Å². The molecular formula is C14H22N6O3. The lowest BCUT2D eigenvalue weighted by molar-refractivity contribution is -0.0396. The summed E-state index contributed by atoms with van der Waals surface area (Å²) in [7, 11) is 0. The molecule has 1 fully saturated rings. The van der Waals surface area contributed by atoms with Crippen LogP contribution >= 0.6 is 0 Å². The van der Waals surface area contributed by atoms with Crippen LogP contribution in [0.5, 0.6) is 0 Å². The molecule has 1 saturated heterocycles. The van der Waals surface area contributed by atoms with Gasteiger partial charge in [-0.25, -0.2) is 4.98 Å². The second kappa shape index (κ2) is 7.16. The summed E-state index contributed by atoms with van der Waals surface area (Å²) in [6.07, 6.45) is -0.301. The minimum Gasteiger partial charge on any atom is -0.371 e. The van der Waals surface area contributed by atoms with Gasteiger partial charge in [-0.3, -0.25) is 10.00 Å². The fourth-order valence-electron chi connectivity index (χ4n) is 2.52. The maximum absolute atomic E-state index is 5.75. The fourth-order valence-corrected chi connectivity index (χ4v) is 2.52. The second-order valence-electron chi connectivity index (χ2n) is 5.52. The molecule has 0 spiro atoms. The van der Waals surface area contributed by atoms with Gasteiger partial charge in [0.25, 0.3) is 0 Å². The average Bonchev–Trinajstić information content (AvgIpc) is 3.17. The number of aromatic nitrogens is 5. The van der Waals surface area contributed by atoms with E-state index >= 15 is 0 Å². The van der Waals surface area contributed by atoms with Gasteiger partial charge in [0.05, 0.1) is 13.2 Å². The number of morpholine rings is 1. The smallest absolute Gasteiger partial charge is 0.240 e. The molecule has 23 heavy (non-hydrogen) atoms. The normalized spacial score (nSPS) is 20.7. The quantitative estimate of drug-likeness (QED) is 0.845. The summed E-state index contributed by atoms with van der Waals surface area (Å²) >= 11 is 0. The van der Waals surface area contributed by atoms with Gasteiger partial charge in [0.15, 0.2) is 11.6 Å². The highest BCUT2D eigenvalue weighted by molar-refractivity contribution is 4.96. The van der Waals surface area contributed by atoms with Crippen molar-refractivity contribution in [3.8, 4) is 0 Å². The molecule has 2 atom stereocenters. The lowest BCUT2D eigenvalue weighted by Gasteiger charge is -2.30. The lowest BCUT2D eigenvalue weighted by atomic mass is 10.2. The van der Waals surface area contributed by atoms with E-state index in [1.807, 2.05) is 20.8 Å². The van der Waals surface area contributed by atoms with Gasteiger partial charge in [-0.15, -0.1) is 0 Å². The summed E-state index contributed by atoms with van der Waals surface area (Å²) in [4.78, 5) is 10.9. The summed E-state index contributed by atoms with van der Waals surface area (Å²) < 4.78 is 16.5. The number of H-pyrrole nitrogens is 1. The Kier molecular flexibility index (Phi) is 4.99. The van der Waals surface area contributed by atoms with Crippen molar-refractivity contribution < 1.29 is 14.0 Å². The van der Waals surface area contributed by atoms with Gasteiger partial charge in [0.2, 0.25) is 5.89 Å². The molecule has 3 rings (SSSR count). The summed E-state index contributed by atoms with van der Waals surface area (Å²) in [5.74, 6) is 2.63. The van der Waals surface area contributed by atoms with Crippen LogP contribution in [0.1, 0.15) is 49.4 Å². The van der Waals surface area contributed by atoms with Gasteiger partial charge in [0.1, 0.15) is 18.0 Å².